The molecule has 0 aliphatic carbocycles. The predicted molar refractivity (Wildman–Crippen MR) is 96.8 cm³/mol. The topological polar surface area (TPSA) is 87.1 Å². The minimum absolute atomic E-state index is 0.00182. The summed E-state index contributed by atoms with van der Waals surface area (Å²) < 4.78 is 1.78. The minimum Gasteiger partial charge on any atom is -0.339 e. The summed E-state index contributed by atoms with van der Waals surface area (Å²) in [6, 6.07) is 0. The van der Waals surface area contributed by atoms with E-state index in [2.05, 4.69) is 15.1 Å². The molecule has 3 rings (SSSR count). The molecule has 0 unspecified atom stereocenters. The van der Waals surface area contributed by atoms with E-state index in [9.17, 15) is 9.59 Å². The highest BCUT2D eigenvalue weighted by atomic mass is 16.2. The van der Waals surface area contributed by atoms with Crippen LogP contribution in [-0.4, -0.2) is 56.7 Å². The Morgan fingerprint density at radius 3 is 2.40 bits per heavy atom. The summed E-state index contributed by atoms with van der Waals surface area (Å²) in [5, 5.41) is 4.82. The first-order valence-electron chi connectivity index (χ1n) is 8.71. The molecule has 1 aliphatic heterocycles. The molecule has 2 aromatic heterocycles. The molecule has 3 heterocycles. The highest BCUT2D eigenvalue weighted by Gasteiger charge is 2.25. The van der Waals surface area contributed by atoms with E-state index in [-0.39, 0.29) is 22.9 Å². The molecule has 1 aliphatic rings. The van der Waals surface area contributed by atoms with Crippen molar-refractivity contribution in [1.29, 1.82) is 0 Å². The van der Waals surface area contributed by atoms with Crippen molar-refractivity contribution in [3.05, 3.63) is 16.6 Å². The van der Waals surface area contributed by atoms with Gasteiger partial charge < -0.3 is 9.80 Å². The fourth-order valence-corrected chi connectivity index (χ4v) is 3.05. The Labute approximate surface area is 146 Å². The van der Waals surface area contributed by atoms with E-state index < -0.39 is 0 Å². The molecule has 0 atom stereocenters. The second-order valence-electron chi connectivity index (χ2n) is 7.82. The molecule has 1 fully saturated rings. The molecule has 1 N–H and O–H groups in total. The van der Waals surface area contributed by atoms with E-state index >= 15 is 0 Å². The molecule has 2 aromatic rings. The smallest absolute Gasteiger partial charge is 0.263 e. The first-order valence-corrected chi connectivity index (χ1v) is 8.71. The van der Waals surface area contributed by atoms with Crippen LogP contribution in [0.3, 0.4) is 0 Å². The van der Waals surface area contributed by atoms with Gasteiger partial charge >= 0.3 is 0 Å². The van der Waals surface area contributed by atoms with Gasteiger partial charge in [-0.1, -0.05) is 13.8 Å². The summed E-state index contributed by atoms with van der Waals surface area (Å²) in [6.45, 7) is 12.5. The molecule has 0 saturated carbocycles. The zero-order valence-electron chi connectivity index (χ0n) is 15.5. The quantitative estimate of drug-likeness (QED) is 0.882. The van der Waals surface area contributed by atoms with Crippen molar-refractivity contribution in [1.82, 2.24) is 24.6 Å². The lowest BCUT2D eigenvalue weighted by Gasteiger charge is -2.35. The van der Waals surface area contributed by atoms with Gasteiger partial charge in [0, 0.05) is 32.1 Å². The van der Waals surface area contributed by atoms with Gasteiger partial charge in [-0.25, -0.2) is 4.68 Å². The van der Waals surface area contributed by atoms with Crippen LogP contribution in [-0.2, 0) is 10.3 Å². The van der Waals surface area contributed by atoms with E-state index in [1.54, 1.807) is 10.9 Å². The van der Waals surface area contributed by atoms with Crippen molar-refractivity contribution in [2.24, 2.45) is 5.92 Å². The Hall–Kier alpha value is -2.38. The van der Waals surface area contributed by atoms with E-state index in [1.165, 1.54) is 0 Å². The van der Waals surface area contributed by atoms with Gasteiger partial charge in [-0.15, -0.1) is 0 Å². The highest BCUT2D eigenvalue weighted by Crippen LogP contribution is 2.20. The van der Waals surface area contributed by atoms with Gasteiger partial charge in [0.2, 0.25) is 11.9 Å². The van der Waals surface area contributed by atoms with Crippen molar-refractivity contribution in [3.8, 4) is 0 Å². The van der Waals surface area contributed by atoms with Crippen molar-refractivity contribution >= 4 is 22.9 Å². The standard InChI is InChI=1S/C17H26N6O2/c1-11(2)15(25)21-6-8-22(9-7-21)16-19-13-12(14(24)20-16)10-18-23(13)17(3,4)5/h10-11H,6-9H2,1-5H3,(H,19,20,24). The lowest BCUT2D eigenvalue weighted by molar-refractivity contribution is -0.134. The van der Waals surface area contributed by atoms with Crippen molar-refractivity contribution in [2.45, 2.75) is 40.2 Å². The van der Waals surface area contributed by atoms with E-state index in [0.717, 1.165) is 0 Å². The maximum Gasteiger partial charge on any atom is 0.263 e. The third-order valence-electron chi connectivity index (χ3n) is 4.45. The van der Waals surface area contributed by atoms with Crippen LogP contribution in [0.4, 0.5) is 5.95 Å². The third kappa shape index (κ3) is 3.25. The van der Waals surface area contributed by atoms with Gasteiger partial charge in [0.1, 0.15) is 5.39 Å². The number of piperazine rings is 1. The molecule has 8 heteroatoms. The number of aromatic amines is 1. The summed E-state index contributed by atoms with van der Waals surface area (Å²) in [4.78, 5) is 35.9. The number of carbonyl (C=O) groups is 1. The maximum absolute atomic E-state index is 12.4. The lowest BCUT2D eigenvalue weighted by Crippen LogP contribution is -2.50. The molecule has 1 saturated heterocycles. The molecule has 0 spiro atoms. The number of anilines is 1. The molecular weight excluding hydrogens is 320 g/mol. The average molecular weight is 346 g/mol. The molecule has 8 nitrogen and oxygen atoms in total. The number of amides is 1. The normalized spacial score (nSPS) is 16.1. The summed E-state index contributed by atoms with van der Waals surface area (Å²) in [5.74, 6) is 0.712. The minimum atomic E-state index is -0.262. The predicted octanol–water partition coefficient (Wildman–Crippen LogP) is 1.18. The fraction of sp³-hybridized carbons (Fsp3) is 0.647. The van der Waals surface area contributed by atoms with Gasteiger partial charge in [0.25, 0.3) is 5.56 Å². The number of fused-ring (bicyclic) bond motifs is 1. The molecule has 0 aromatic carbocycles. The van der Waals surface area contributed by atoms with Crippen LogP contribution < -0.4 is 10.5 Å². The number of aromatic nitrogens is 4. The van der Waals surface area contributed by atoms with Gasteiger partial charge in [-0.3, -0.25) is 14.6 Å². The number of hydrogen-bond donors (Lipinski definition) is 1. The first kappa shape index (κ1) is 17.4. The number of rotatable bonds is 2. The largest absolute Gasteiger partial charge is 0.339 e. The average Bonchev–Trinajstić information content (AvgIpc) is 2.99. The summed E-state index contributed by atoms with van der Waals surface area (Å²) in [5.41, 5.74) is 0.144. The Balaban J connectivity index is 1.88. The van der Waals surface area contributed by atoms with Crippen molar-refractivity contribution in [2.75, 3.05) is 31.1 Å². The van der Waals surface area contributed by atoms with Gasteiger partial charge in [0.05, 0.1) is 11.7 Å². The van der Waals surface area contributed by atoms with Gasteiger partial charge in [0.15, 0.2) is 5.65 Å². The van der Waals surface area contributed by atoms with Crippen LogP contribution in [0.2, 0.25) is 0 Å². The fourth-order valence-electron chi connectivity index (χ4n) is 3.05. The van der Waals surface area contributed by atoms with Crippen LogP contribution in [0.15, 0.2) is 11.0 Å². The van der Waals surface area contributed by atoms with E-state index in [0.29, 0.717) is 43.2 Å². The van der Waals surface area contributed by atoms with Crippen LogP contribution in [0.25, 0.3) is 11.0 Å². The van der Waals surface area contributed by atoms with Crippen molar-refractivity contribution < 1.29 is 4.79 Å². The molecule has 0 radical (unpaired) electrons. The number of carbonyl (C=O) groups excluding carboxylic acids is 1. The Morgan fingerprint density at radius 1 is 1.20 bits per heavy atom. The maximum atomic E-state index is 12.4. The zero-order valence-corrected chi connectivity index (χ0v) is 15.5. The van der Waals surface area contributed by atoms with Crippen LogP contribution in [0, 0.1) is 5.92 Å². The molecule has 25 heavy (non-hydrogen) atoms. The third-order valence-corrected chi connectivity index (χ3v) is 4.45. The number of nitrogens with one attached hydrogen (secondary N) is 1. The molecule has 0 bridgehead atoms. The Bertz CT molecular complexity index is 837. The monoisotopic (exact) mass is 346 g/mol. The summed E-state index contributed by atoms with van der Waals surface area (Å²) in [6.07, 6.45) is 1.56. The van der Waals surface area contributed by atoms with Crippen LogP contribution in [0.1, 0.15) is 34.6 Å². The van der Waals surface area contributed by atoms with Crippen LogP contribution >= 0.6 is 0 Å². The second kappa shape index (κ2) is 6.16. The second-order valence-corrected chi connectivity index (χ2v) is 7.82. The Morgan fingerprint density at radius 2 is 1.84 bits per heavy atom. The number of hydrogen-bond acceptors (Lipinski definition) is 5. The SMILES string of the molecule is CC(C)C(=O)N1CCN(c2nc3c(cnn3C(C)(C)C)c(=O)[nH]2)CC1. The van der Waals surface area contributed by atoms with Crippen molar-refractivity contribution in [3.63, 3.8) is 0 Å². The first-order chi connectivity index (χ1) is 11.7. The summed E-state index contributed by atoms with van der Waals surface area (Å²) in [7, 11) is 0. The lowest BCUT2D eigenvalue weighted by atomic mass is 10.1. The zero-order chi connectivity index (χ0) is 18.4. The van der Waals surface area contributed by atoms with Crippen LogP contribution in [0.5, 0.6) is 0 Å². The molecule has 1 amide bonds. The number of H-pyrrole nitrogens is 1. The van der Waals surface area contributed by atoms with Gasteiger partial charge in [-0.2, -0.15) is 10.1 Å². The summed E-state index contributed by atoms with van der Waals surface area (Å²) >= 11 is 0. The number of nitrogens with zero attached hydrogens (tertiary/aromatic N) is 5. The van der Waals surface area contributed by atoms with Gasteiger partial charge in [-0.05, 0) is 20.8 Å². The molecule has 136 valence electrons. The Kier molecular flexibility index (Phi) is 4.30. The molecular formula is C17H26N6O2. The van der Waals surface area contributed by atoms with E-state index in [4.69, 9.17) is 0 Å². The highest BCUT2D eigenvalue weighted by molar-refractivity contribution is 5.78. The van der Waals surface area contributed by atoms with E-state index in [1.807, 2.05) is 44.4 Å².